The number of piperidine rings is 1. The zero-order chi connectivity index (χ0) is 17.6. The van der Waals surface area contributed by atoms with Gasteiger partial charge in [-0.3, -0.25) is 0 Å². The predicted molar refractivity (Wildman–Crippen MR) is 102 cm³/mol. The molecule has 1 heterocycles. The van der Waals surface area contributed by atoms with Crippen LogP contribution in [-0.4, -0.2) is 34.7 Å². The van der Waals surface area contributed by atoms with Crippen molar-refractivity contribution in [3.63, 3.8) is 0 Å². The molecule has 1 saturated heterocycles. The third-order valence-corrected chi connectivity index (χ3v) is 5.39. The molecule has 1 aliphatic heterocycles. The van der Waals surface area contributed by atoms with Crippen LogP contribution in [0.4, 0.5) is 0 Å². The van der Waals surface area contributed by atoms with Gasteiger partial charge in [0, 0.05) is 6.54 Å². The molecule has 0 amide bonds. The monoisotopic (exact) mass is 339 g/mol. The number of aliphatic hydroxyl groups excluding tert-OH is 1. The Balaban J connectivity index is 1.46. The van der Waals surface area contributed by atoms with Crippen LogP contribution >= 0.6 is 0 Å². The van der Waals surface area contributed by atoms with E-state index in [-0.39, 0.29) is 11.7 Å². The van der Waals surface area contributed by atoms with Crippen molar-refractivity contribution in [2.24, 2.45) is 11.8 Å². The van der Waals surface area contributed by atoms with Crippen LogP contribution in [0.25, 0.3) is 0 Å². The molecule has 3 heteroatoms. The van der Waals surface area contributed by atoms with E-state index >= 15 is 0 Å². The SMILES string of the molecule is C[C@H](CN1CCC(Cc2ccccc2)CC1)[C@@H](O)c1ccc(O)cc1. The molecule has 0 spiro atoms. The number of phenols is 1. The number of hydrogen-bond acceptors (Lipinski definition) is 3. The van der Waals surface area contributed by atoms with Gasteiger partial charge in [0.25, 0.3) is 0 Å². The van der Waals surface area contributed by atoms with Crippen LogP contribution in [0, 0.1) is 11.8 Å². The summed E-state index contributed by atoms with van der Waals surface area (Å²) in [6.07, 6.45) is 3.16. The summed E-state index contributed by atoms with van der Waals surface area (Å²) in [6, 6.07) is 17.7. The molecule has 3 nitrogen and oxygen atoms in total. The average molecular weight is 339 g/mol. The maximum atomic E-state index is 10.5. The summed E-state index contributed by atoms with van der Waals surface area (Å²) in [7, 11) is 0. The van der Waals surface area contributed by atoms with Crippen molar-refractivity contribution in [3.8, 4) is 5.75 Å². The lowest BCUT2D eigenvalue weighted by molar-refractivity contribution is 0.0752. The summed E-state index contributed by atoms with van der Waals surface area (Å²) in [5.74, 6) is 1.19. The normalized spacial score (nSPS) is 18.8. The smallest absolute Gasteiger partial charge is 0.115 e. The highest BCUT2D eigenvalue weighted by Crippen LogP contribution is 2.27. The first kappa shape index (κ1) is 18.0. The van der Waals surface area contributed by atoms with Crippen molar-refractivity contribution in [3.05, 3.63) is 65.7 Å². The molecule has 0 aliphatic carbocycles. The maximum absolute atomic E-state index is 10.5. The molecule has 0 aromatic heterocycles. The van der Waals surface area contributed by atoms with Gasteiger partial charge in [-0.1, -0.05) is 49.4 Å². The van der Waals surface area contributed by atoms with Crippen LogP contribution < -0.4 is 0 Å². The van der Waals surface area contributed by atoms with Crippen molar-refractivity contribution in [1.29, 1.82) is 0 Å². The Labute approximate surface area is 150 Å². The number of nitrogens with zero attached hydrogens (tertiary/aromatic N) is 1. The van der Waals surface area contributed by atoms with E-state index in [1.165, 1.54) is 24.8 Å². The number of likely N-dealkylation sites (tertiary alicyclic amines) is 1. The number of hydrogen-bond donors (Lipinski definition) is 2. The Bertz CT molecular complexity index is 633. The Hall–Kier alpha value is -1.84. The van der Waals surface area contributed by atoms with Gasteiger partial charge in [-0.05, 0) is 67.4 Å². The third-order valence-electron chi connectivity index (χ3n) is 5.39. The van der Waals surface area contributed by atoms with Crippen LogP contribution in [0.15, 0.2) is 54.6 Å². The molecule has 2 aromatic rings. The van der Waals surface area contributed by atoms with Crippen LogP contribution in [0.2, 0.25) is 0 Å². The van der Waals surface area contributed by atoms with E-state index in [0.717, 1.165) is 31.1 Å². The Morgan fingerprint density at radius 1 is 1.00 bits per heavy atom. The number of rotatable bonds is 6. The summed E-state index contributed by atoms with van der Waals surface area (Å²) in [5.41, 5.74) is 2.32. The third kappa shape index (κ3) is 5.07. The lowest BCUT2D eigenvalue weighted by atomic mass is 9.89. The fourth-order valence-corrected chi connectivity index (χ4v) is 3.83. The number of benzene rings is 2. The Morgan fingerprint density at radius 3 is 2.28 bits per heavy atom. The summed E-state index contributed by atoms with van der Waals surface area (Å²) in [5, 5.41) is 19.9. The van der Waals surface area contributed by atoms with Crippen molar-refractivity contribution >= 4 is 0 Å². The molecule has 134 valence electrons. The molecule has 25 heavy (non-hydrogen) atoms. The minimum atomic E-state index is -0.484. The highest BCUT2D eigenvalue weighted by molar-refractivity contribution is 5.27. The molecule has 2 aromatic carbocycles. The van der Waals surface area contributed by atoms with Gasteiger partial charge in [0.05, 0.1) is 6.10 Å². The average Bonchev–Trinajstić information content (AvgIpc) is 2.64. The first-order valence-corrected chi connectivity index (χ1v) is 9.35. The van der Waals surface area contributed by atoms with Gasteiger partial charge in [-0.15, -0.1) is 0 Å². The minimum absolute atomic E-state index is 0.176. The van der Waals surface area contributed by atoms with E-state index in [1.54, 1.807) is 12.1 Å². The highest BCUT2D eigenvalue weighted by Gasteiger charge is 2.24. The fourth-order valence-electron chi connectivity index (χ4n) is 3.83. The fraction of sp³-hybridized carbons (Fsp3) is 0.455. The molecule has 2 atom stereocenters. The second kappa shape index (κ2) is 8.50. The minimum Gasteiger partial charge on any atom is -0.508 e. The molecular weight excluding hydrogens is 310 g/mol. The van der Waals surface area contributed by atoms with Gasteiger partial charge < -0.3 is 15.1 Å². The zero-order valence-electron chi connectivity index (χ0n) is 15.0. The lowest BCUT2D eigenvalue weighted by Gasteiger charge is -2.34. The van der Waals surface area contributed by atoms with Gasteiger partial charge in [-0.25, -0.2) is 0 Å². The predicted octanol–water partition coefficient (Wildman–Crippen LogP) is 4.02. The van der Waals surface area contributed by atoms with E-state index < -0.39 is 6.10 Å². The van der Waals surface area contributed by atoms with Crippen LogP contribution in [0.5, 0.6) is 5.75 Å². The van der Waals surface area contributed by atoms with E-state index in [1.807, 2.05) is 12.1 Å². The molecule has 0 saturated carbocycles. The van der Waals surface area contributed by atoms with Gasteiger partial charge in [0.2, 0.25) is 0 Å². The van der Waals surface area contributed by atoms with E-state index in [0.29, 0.717) is 0 Å². The highest BCUT2D eigenvalue weighted by atomic mass is 16.3. The lowest BCUT2D eigenvalue weighted by Crippen LogP contribution is -2.38. The summed E-state index contributed by atoms with van der Waals surface area (Å²) in [6.45, 7) is 5.25. The number of aliphatic hydroxyl groups is 1. The summed E-state index contributed by atoms with van der Waals surface area (Å²) < 4.78 is 0. The van der Waals surface area contributed by atoms with Gasteiger partial charge >= 0.3 is 0 Å². The first-order chi connectivity index (χ1) is 12.1. The first-order valence-electron chi connectivity index (χ1n) is 9.35. The molecule has 2 N–H and O–H groups in total. The molecule has 1 fully saturated rings. The van der Waals surface area contributed by atoms with E-state index in [2.05, 4.69) is 42.2 Å². The van der Waals surface area contributed by atoms with E-state index in [9.17, 15) is 10.2 Å². The molecule has 0 unspecified atom stereocenters. The number of phenolic OH excluding ortho intramolecular Hbond substituents is 1. The maximum Gasteiger partial charge on any atom is 0.115 e. The molecular formula is C22H29NO2. The zero-order valence-corrected chi connectivity index (χ0v) is 15.0. The van der Waals surface area contributed by atoms with Gasteiger partial charge in [0.15, 0.2) is 0 Å². The topological polar surface area (TPSA) is 43.7 Å². The Morgan fingerprint density at radius 2 is 1.64 bits per heavy atom. The molecule has 3 rings (SSSR count). The van der Waals surface area contributed by atoms with Crippen molar-refractivity contribution in [2.45, 2.75) is 32.3 Å². The van der Waals surface area contributed by atoms with Crippen LogP contribution in [0.1, 0.15) is 37.0 Å². The molecule has 0 bridgehead atoms. The van der Waals surface area contributed by atoms with Crippen molar-refractivity contribution in [1.82, 2.24) is 4.90 Å². The largest absolute Gasteiger partial charge is 0.508 e. The number of aromatic hydroxyl groups is 1. The van der Waals surface area contributed by atoms with Crippen molar-refractivity contribution in [2.75, 3.05) is 19.6 Å². The van der Waals surface area contributed by atoms with Crippen LogP contribution in [0.3, 0.4) is 0 Å². The Kier molecular flexibility index (Phi) is 6.11. The molecule has 1 aliphatic rings. The van der Waals surface area contributed by atoms with Gasteiger partial charge in [-0.2, -0.15) is 0 Å². The molecule has 0 radical (unpaired) electrons. The quantitative estimate of drug-likeness (QED) is 0.835. The summed E-state index contributed by atoms with van der Waals surface area (Å²) >= 11 is 0. The standard InChI is InChI=1S/C22H29NO2/c1-17(22(25)20-7-9-21(24)10-8-20)16-23-13-11-19(12-14-23)15-18-5-3-2-4-6-18/h2-10,17,19,22,24-25H,11-16H2,1H3/t17-,22-/m1/s1. The van der Waals surface area contributed by atoms with Gasteiger partial charge in [0.1, 0.15) is 5.75 Å². The van der Waals surface area contributed by atoms with Crippen LogP contribution in [-0.2, 0) is 6.42 Å². The second-order valence-corrected chi connectivity index (χ2v) is 7.45. The second-order valence-electron chi connectivity index (χ2n) is 7.45. The van der Waals surface area contributed by atoms with Crippen molar-refractivity contribution < 1.29 is 10.2 Å². The van der Waals surface area contributed by atoms with E-state index in [4.69, 9.17) is 0 Å². The summed E-state index contributed by atoms with van der Waals surface area (Å²) in [4.78, 5) is 2.48.